The summed E-state index contributed by atoms with van der Waals surface area (Å²) in [4.78, 5) is 9.34. The maximum atomic E-state index is 4.72. The Morgan fingerprint density at radius 2 is 1.63 bits per heavy atom. The predicted octanol–water partition coefficient (Wildman–Crippen LogP) is 3.89. The fourth-order valence-electron chi connectivity index (χ4n) is 2.13. The zero-order chi connectivity index (χ0) is 13.2. The van der Waals surface area contributed by atoms with Gasteiger partial charge in [-0.15, -0.1) is 12.6 Å². The molecular formula is C16H14N2S. The molecule has 0 N–H and O–H groups in total. The molecule has 2 aromatic rings. The number of nitrogens with zero attached hydrogens (tertiary/aromatic N) is 2. The van der Waals surface area contributed by atoms with Crippen molar-refractivity contribution in [1.29, 1.82) is 0 Å². The summed E-state index contributed by atoms with van der Waals surface area (Å²) < 4.78 is 0. The first-order chi connectivity index (χ1) is 9.25. The summed E-state index contributed by atoms with van der Waals surface area (Å²) in [5.41, 5.74) is 4.99. The third-order valence-electron chi connectivity index (χ3n) is 3.13. The first-order valence-electron chi connectivity index (χ1n) is 6.21. The van der Waals surface area contributed by atoms with Gasteiger partial charge >= 0.3 is 0 Å². The molecule has 0 spiro atoms. The molecule has 0 bridgehead atoms. The second-order valence-electron chi connectivity index (χ2n) is 4.49. The van der Waals surface area contributed by atoms with E-state index in [1.165, 1.54) is 0 Å². The predicted molar refractivity (Wildman–Crippen MR) is 84.1 cm³/mol. The van der Waals surface area contributed by atoms with Crippen molar-refractivity contribution < 1.29 is 0 Å². The molecule has 3 rings (SSSR count). The average molecular weight is 266 g/mol. The highest BCUT2D eigenvalue weighted by atomic mass is 32.1. The Hall–Kier alpha value is -1.87. The SMILES string of the molecule is CC1=Nc2ccccc2C(c2ccccc2)=NC1S. The summed E-state index contributed by atoms with van der Waals surface area (Å²) in [6.45, 7) is 1.96. The molecule has 1 aliphatic rings. The number of para-hydroxylation sites is 1. The largest absolute Gasteiger partial charge is 0.264 e. The average Bonchev–Trinajstić information content (AvgIpc) is 2.58. The van der Waals surface area contributed by atoms with Crippen molar-refractivity contribution in [3.63, 3.8) is 0 Å². The summed E-state index contributed by atoms with van der Waals surface area (Å²) in [6, 6.07) is 18.3. The zero-order valence-corrected chi connectivity index (χ0v) is 11.5. The lowest BCUT2D eigenvalue weighted by Gasteiger charge is -2.08. The molecule has 2 nitrogen and oxygen atoms in total. The van der Waals surface area contributed by atoms with Gasteiger partial charge in [-0.3, -0.25) is 9.98 Å². The molecule has 3 heteroatoms. The van der Waals surface area contributed by atoms with E-state index in [4.69, 9.17) is 4.99 Å². The molecule has 1 heterocycles. The van der Waals surface area contributed by atoms with Crippen LogP contribution in [0, 0.1) is 0 Å². The number of benzene rings is 2. The number of rotatable bonds is 1. The van der Waals surface area contributed by atoms with Crippen LogP contribution in [0.4, 0.5) is 5.69 Å². The molecule has 0 fully saturated rings. The maximum Gasteiger partial charge on any atom is 0.131 e. The molecule has 1 atom stereocenters. The number of hydrogen-bond acceptors (Lipinski definition) is 3. The Balaban J connectivity index is 2.23. The summed E-state index contributed by atoms with van der Waals surface area (Å²) in [5.74, 6) is 0. The Labute approximate surface area is 118 Å². The lowest BCUT2D eigenvalue weighted by molar-refractivity contribution is 1.21. The van der Waals surface area contributed by atoms with Gasteiger partial charge in [0.05, 0.1) is 11.4 Å². The number of hydrogen-bond donors (Lipinski definition) is 1. The Morgan fingerprint density at radius 3 is 2.42 bits per heavy atom. The van der Waals surface area contributed by atoms with Crippen molar-refractivity contribution in [3.8, 4) is 0 Å². The van der Waals surface area contributed by atoms with Crippen molar-refractivity contribution in [2.45, 2.75) is 12.3 Å². The number of thiol groups is 1. The van der Waals surface area contributed by atoms with Crippen molar-refractivity contribution in [2.75, 3.05) is 0 Å². The Morgan fingerprint density at radius 1 is 0.947 bits per heavy atom. The maximum absolute atomic E-state index is 4.72. The van der Waals surface area contributed by atoms with Crippen LogP contribution in [0.5, 0.6) is 0 Å². The van der Waals surface area contributed by atoms with E-state index < -0.39 is 0 Å². The first-order valence-corrected chi connectivity index (χ1v) is 6.73. The van der Waals surface area contributed by atoms with Crippen molar-refractivity contribution >= 4 is 29.7 Å². The Kier molecular flexibility index (Phi) is 3.22. The van der Waals surface area contributed by atoms with Gasteiger partial charge in [-0.25, -0.2) is 0 Å². The van der Waals surface area contributed by atoms with Crippen molar-refractivity contribution in [3.05, 3.63) is 65.7 Å². The van der Waals surface area contributed by atoms with E-state index in [-0.39, 0.29) is 5.37 Å². The van der Waals surface area contributed by atoms with E-state index in [0.717, 1.165) is 28.2 Å². The van der Waals surface area contributed by atoms with Crippen molar-refractivity contribution in [2.24, 2.45) is 9.98 Å². The monoisotopic (exact) mass is 266 g/mol. The van der Waals surface area contributed by atoms with Crippen LogP contribution >= 0.6 is 12.6 Å². The molecular weight excluding hydrogens is 252 g/mol. The van der Waals surface area contributed by atoms with Crippen LogP contribution in [-0.2, 0) is 0 Å². The fraction of sp³-hybridized carbons (Fsp3) is 0.125. The van der Waals surface area contributed by atoms with Crippen LogP contribution < -0.4 is 0 Å². The van der Waals surface area contributed by atoms with E-state index in [0.29, 0.717) is 0 Å². The van der Waals surface area contributed by atoms with E-state index in [2.05, 4.69) is 35.8 Å². The van der Waals surface area contributed by atoms with E-state index in [9.17, 15) is 0 Å². The molecule has 1 aliphatic heterocycles. The summed E-state index contributed by atoms with van der Waals surface area (Å²) >= 11 is 4.52. The molecule has 0 radical (unpaired) electrons. The number of fused-ring (bicyclic) bond motifs is 1. The molecule has 0 amide bonds. The summed E-state index contributed by atoms with van der Waals surface area (Å²) in [5, 5.41) is -0.192. The highest BCUT2D eigenvalue weighted by molar-refractivity contribution is 7.81. The lowest BCUT2D eigenvalue weighted by atomic mass is 10.0. The minimum absolute atomic E-state index is 0.192. The van der Waals surface area contributed by atoms with Gasteiger partial charge in [-0.2, -0.15) is 0 Å². The normalized spacial score (nSPS) is 18.1. The molecule has 19 heavy (non-hydrogen) atoms. The zero-order valence-electron chi connectivity index (χ0n) is 10.6. The van der Waals surface area contributed by atoms with Crippen LogP contribution in [0.3, 0.4) is 0 Å². The molecule has 0 saturated heterocycles. The van der Waals surface area contributed by atoms with Crippen LogP contribution in [0.25, 0.3) is 0 Å². The van der Waals surface area contributed by atoms with Gasteiger partial charge in [-0.1, -0.05) is 48.5 Å². The quantitative estimate of drug-likeness (QED) is 0.758. The van der Waals surface area contributed by atoms with Crippen LogP contribution in [0.2, 0.25) is 0 Å². The first kappa shape index (κ1) is 12.2. The minimum Gasteiger partial charge on any atom is -0.264 e. The molecule has 1 unspecified atom stereocenters. The smallest absolute Gasteiger partial charge is 0.131 e. The van der Waals surface area contributed by atoms with E-state index in [1.54, 1.807) is 0 Å². The molecule has 0 aliphatic carbocycles. The number of aliphatic imine (C=N–C) groups is 2. The Bertz CT molecular complexity index is 659. The highest BCUT2D eigenvalue weighted by Crippen LogP contribution is 2.27. The van der Waals surface area contributed by atoms with Crippen LogP contribution in [-0.4, -0.2) is 16.8 Å². The third-order valence-corrected chi connectivity index (χ3v) is 3.62. The van der Waals surface area contributed by atoms with Gasteiger partial charge in [0.15, 0.2) is 0 Å². The van der Waals surface area contributed by atoms with Gasteiger partial charge in [0.1, 0.15) is 5.37 Å². The summed E-state index contributed by atoms with van der Waals surface area (Å²) in [7, 11) is 0. The second kappa shape index (κ2) is 5.02. The lowest BCUT2D eigenvalue weighted by Crippen LogP contribution is -2.10. The van der Waals surface area contributed by atoms with Crippen LogP contribution in [0.1, 0.15) is 18.1 Å². The fourth-order valence-corrected chi connectivity index (χ4v) is 2.30. The minimum atomic E-state index is -0.192. The molecule has 2 aromatic carbocycles. The molecule has 94 valence electrons. The van der Waals surface area contributed by atoms with Gasteiger partial charge < -0.3 is 0 Å². The van der Waals surface area contributed by atoms with Gasteiger partial charge in [-0.05, 0) is 13.0 Å². The van der Waals surface area contributed by atoms with Gasteiger partial charge in [0, 0.05) is 16.8 Å². The third kappa shape index (κ3) is 2.34. The second-order valence-corrected chi connectivity index (χ2v) is 4.98. The molecule has 0 saturated carbocycles. The van der Waals surface area contributed by atoms with Crippen LogP contribution in [0.15, 0.2) is 64.6 Å². The topological polar surface area (TPSA) is 24.7 Å². The van der Waals surface area contributed by atoms with Crippen molar-refractivity contribution in [1.82, 2.24) is 0 Å². The highest BCUT2D eigenvalue weighted by Gasteiger charge is 2.17. The van der Waals surface area contributed by atoms with E-state index in [1.807, 2.05) is 43.3 Å². The van der Waals surface area contributed by atoms with Gasteiger partial charge in [0.2, 0.25) is 0 Å². The molecule has 0 aromatic heterocycles. The summed E-state index contributed by atoms with van der Waals surface area (Å²) in [6.07, 6.45) is 0. The van der Waals surface area contributed by atoms with Gasteiger partial charge in [0.25, 0.3) is 0 Å². The standard InChI is InChI=1S/C16H14N2S/c1-11-16(19)18-15(12-7-3-2-4-8-12)13-9-5-6-10-14(13)17-11/h2-10,16,19H,1H3. The van der Waals surface area contributed by atoms with E-state index >= 15 is 0 Å².